The Morgan fingerprint density at radius 1 is 1.31 bits per heavy atom. The van der Waals surface area contributed by atoms with Crippen LogP contribution in [0.1, 0.15) is 24.5 Å². The number of aromatic nitrogens is 3. The second-order valence-electron chi connectivity index (χ2n) is 6.27. The second kappa shape index (κ2) is 8.89. The van der Waals surface area contributed by atoms with E-state index in [1.807, 2.05) is 36.2 Å². The van der Waals surface area contributed by atoms with Crippen LogP contribution in [0.4, 0.5) is 0 Å². The first-order valence-electron chi connectivity index (χ1n) is 8.88. The van der Waals surface area contributed by atoms with Crippen LogP contribution < -0.4 is 10.1 Å². The third-order valence-electron chi connectivity index (χ3n) is 4.42. The maximum Gasteiger partial charge on any atom is 0.193 e. The first-order valence-corrected chi connectivity index (χ1v) is 9.26. The summed E-state index contributed by atoms with van der Waals surface area (Å²) in [5, 5.41) is 12.7. The van der Waals surface area contributed by atoms with E-state index in [0.29, 0.717) is 24.7 Å². The molecule has 7 nitrogen and oxygen atoms in total. The summed E-state index contributed by atoms with van der Waals surface area (Å²) in [5.41, 5.74) is 0. The van der Waals surface area contributed by atoms with Crippen LogP contribution >= 0.6 is 11.6 Å². The van der Waals surface area contributed by atoms with E-state index < -0.39 is 0 Å². The third kappa shape index (κ3) is 4.66. The fraction of sp³-hybridized carbons (Fsp3) is 0.500. The van der Waals surface area contributed by atoms with Gasteiger partial charge in [0.1, 0.15) is 18.2 Å². The Hall–Kier alpha value is -2.28. The summed E-state index contributed by atoms with van der Waals surface area (Å²) in [6.07, 6.45) is 3.40. The molecule has 2 aromatic rings. The summed E-state index contributed by atoms with van der Waals surface area (Å²) < 4.78 is 7.96. The van der Waals surface area contributed by atoms with Crippen molar-refractivity contribution in [3.8, 4) is 5.75 Å². The van der Waals surface area contributed by atoms with Gasteiger partial charge in [0.25, 0.3) is 0 Å². The minimum absolute atomic E-state index is 0.555. The van der Waals surface area contributed by atoms with Crippen molar-refractivity contribution < 1.29 is 4.74 Å². The van der Waals surface area contributed by atoms with Gasteiger partial charge in [-0.2, -0.15) is 0 Å². The Morgan fingerprint density at radius 2 is 2.12 bits per heavy atom. The van der Waals surface area contributed by atoms with Gasteiger partial charge in [0.05, 0.1) is 13.1 Å². The maximum atomic E-state index is 5.88. The smallest absolute Gasteiger partial charge is 0.193 e. The van der Waals surface area contributed by atoms with Crippen LogP contribution in [0.3, 0.4) is 0 Å². The lowest BCUT2D eigenvalue weighted by Gasteiger charge is -2.22. The second-order valence-corrected chi connectivity index (χ2v) is 6.70. The van der Waals surface area contributed by atoms with Gasteiger partial charge in [0, 0.05) is 32.1 Å². The Labute approximate surface area is 159 Å². The fourth-order valence-corrected chi connectivity index (χ4v) is 3.11. The lowest BCUT2D eigenvalue weighted by Crippen LogP contribution is -2.41. The molecule has 2 heterocycles. The number of hydrogen-bond acceptors (Lipinski definition) is 4. The van der Waals surface area contributed by atoms with Gasteiger partial charge in [-0.3, -0.25) is 4.99 Å². The molecule has 1 aliphatic heterocycles. The van der Waals surface area contributed by atoms with Crippen LogP contribution in [0.5, 0.6) is 5.75 Å². The van der Waals surface area contributed by atoms with Crippen LogP contribution in [-0.4, -0.2) is 52.9 Å². The number of aryl methyl sites for hydroxylation is 1. The molecule has 1 aromatic heterocycles. The fourth-order valence-electron chi connectivity index (χ4n) is 2.98. The molecule has 0 saturated heterocycles. The molecule has 1 aliphatic rings. The quantitative estimate of drug-likeness (QED) is 0.619. The molecule has 0 unspecified atom stereocenters. The van der Waals surface area contributed by atoms with Crippen molar-refractivity contribution in [3.05, 3.63) is 40.9 Å². The average molecular weight is 377 g/mol. The molecule has 26 heavy (non-hydrogen) atoms. The molecule has 0 fully saturated rings. The number of fused-ring (bicyclic) bond motifs is 1. The van der Waals surface area contributed by atoms with Crippen LogP contribution in [0.15, 0.2) is 29.3 Å². The zero-order valence-electron chi connectivity index (χ0n) is 15.3. The lowest BCUT2D eigenvalue weighted by atomic mass is 10.2. The van der Waals surface area contributed by atoms with Gasteiger partial charge < -0.3 is 19.5 Å². The van der Waals surface area contributed by atoms with E-state index in [1.165, 1.54) is 12.8 Å². The summed E-state index contributed by atoms with van der Waals surface area (Å²) in [5.74, 6) is 3.66. The summed E-state index contributed by atoms with van der Waals surface area (Å²) in [6, 6.07) is 7.37. The highest BCUT2D eigenvalue weighted by molar-refractivity contribution is 6.30. The summed E-state index contributed by atoms with van der Waals surface area (Å²) in [4.78, 5) is 6.37. The first kappa shape index (κ1) is 18.5. The minimum Gasteiger partial charge on any atom is -0.492 e. The zero-order valence-corrected chi connectivity index (χ0v) is 16.0. The first-order chi connectivity index (χ1) is 12.7. The van der Waals surface area contributed by atoms with Gasteiger partial charge in [-0.25, -0.2) is 0 Å². The molecule has 0 atom stereocenters. The van der Waals surface area contributed by atoms with Gasteiger partial charge in [0.2, 0.25) is 0 Å². The third-order valence-corrected chi connectivity index (χ3v) is 4.68. The molecule has 1 N–H and O–H groups in total. The number of likely N-dealkylation sites (N-methyl/N-ethyl adjacent to an activating group) is 1. The monoisotopic (exact) mass is 376 g/mol. The number of benzene rings is 1. The lowest BCUT2D eigenvalue weighted by molar-refractivity contribution is 0.281. The van der Waals surface area contributed by atoms with E-state index in [1.54, 1.807) is 7.05 Å². The van der Waals surface area contributed by atoms with Crippen LogP contribution in [0.25, 0.3) is 0 Å². The predicted octanol–water partition coefficient (Wildman–Crippen LogP) is 2.35. The predicted molar refractivity (Wildman–Crippen MR) is 103 cm³/mol. The molecule has 0 amide bonds. The van der Waals surface area contributed by atoms with Crippen LogP contribution in [0.2, 0.25) is 5.02 Å². The summed E-state index contributed by atoms with van der Waals surface area (Å²) in [6.45, 7) is 2.88. The molecule has 140 valence electrons. The summed E-state index contributed by atoms with van der Waals surface area (Å²) in [7, 11) is 3.76. The standard InChI is InChI=1S/C18H25ClN6O/c1-20-18(21-13-17-23-22-16-5-3-4-10-25(16)17)24(2)11-12-26-15-8-6-14(19)7-9-15/h6-9H,3-5,10-13H2,1-2H3,(H,20,21). The normalized spacial score (nSPS) is 14.0. The Bertz CT molecular complexity index is 743. The minimum atomic E-state index is 0.555. The molecule has 8 heteroatoms. The topological polar surface area (TPSA) is 67.6 Å². The van der Waals surface area contributed by atoms with E-state index in [0.717, 1.165) is 36.3 Å². The highest BCUT2D eigenvalue weighted by Crippen LogP contribution is 2.15. The van der Waals surface area contributed by atoms with Crippen molar-refractivity contribution in [2.24, 2.45) is 4.99 Å². The van der Waals surface area contributed by atoms with Crippen molar-refractivity contribution in [1.82, 2.24) is 25.0 Å². The van der Waals surface area contributed by atoms with E-state index in [4.69, 9.17) is 16.3 Å². The van der Waals surface area contributed by atoms with Crippen molar-refractivity contribution in [2.75, 3.05) is 27.2 Å². The molecule has 0 aliphatic carbocycles. The number of hydrogen-bond donors (Lipinski definition) is 1. The largest absolute Gasteiger partial charge is 0.492 e. The van der Waals surface area contributed by atoms with E-state index in [2.05, 4.69) is 25.1 Å². The van der Waals surface area contributed by atoms with E-state index in [9.17, 15) is 0 Å². The number of halogens is 1. The highest BCUT2D eigenvalue weighted by atomic mass is 35.5. The Morgan fingerprint density at radius 3 is 2.88 bits per heavy atom. The number of ether oxygens (including phenoxy) is 1. The van der Waals surface area contributed by atoms with Crippen molar-refractivity contribution >= 4 is 17.6 Å². The average Bonchev–Trinajstić information content (AvgIpc) is 3.07. The molecular formula is C18H25ClN6O. The van der Waals surface area contributed by atoms with Crippen LogP contribution in [-0.2, 0) is 19.5 Å². The zero-order chi connectivity index (χ0) is 18.4. The molecule has 1 aromatic carbocycles. The van der Waals surface area contributed by atoms with Gasteiger partial charge >= 0.3 is 0 Å². The van der Waals surface area contributed by atoms with Gasteiger partial charge in [-0.1, -0.05) is 11.6 Å². The van der Waals surface area contributed by atoms with Gasteiger partial charge in [-0.15, -0.1) is 10.2 Å². The molecule has 3 rings (SSSR count). The van der Waals surface area contributed by atoms with Crippen LogP contribution in [0, 0.1) is 0 Å². The van der Waals surface area contributed by atoms with Gasteiger partial charge in [-0.05, 0) is 37.1 Å². The number of nitrogens with zero attached hydrogens (tertiary/aromatic N) is 5. The number of aliphatic imine (C=N–C) groups is 1. The molecule has 0 spiro atoms. The maximum absolute atomic E-state index is 5.88. The van der Waals surface area contributed by atoms with Crippen molar-refractivity contribution in [3.63, 3.8) is 0 Å². The van der Waals surface area contributed by atoms with Crippen molar-refractivity contribution in [1.29, 1.82) is 0 Å². The number of guanidine groups is 1. The Kier molecular flexibility index (Phi) is 6.33. The highest BCUT2D eigenvalue weighted by Gasteiger charge is 2.16. The van der Waals surface area contributed by atoms with Crippen molar-refractivity contribution in [2.45, 2.75) is 32.4 Å². The molecule has 0 bridgehead atoms. The summed E-state index contributed by atoms with van der Waals surface area (Å²) >= 11 is 5.88. The molecular weight excluding hydrogens is 352 g/mol. The van der Waals surface area contributed by atoms with Gasteiger partial charge in [0.15, 0.2) is 11.8 Å². The number of nitrogens with one attached hydrogen (secondary N) is 1. The molecule has 0 saturated carbocycles. The Balaban J connectivity index is 1.47. The number of rotatable bonds is 6. The van der Waals surface area contributed by atoms with E-state index in [-0.39, 0.29) is 0 Å². The molecule has 0 radical (unpaired) electrons. The van der Waals surface area contributed by atoms with E-state index >= 15 is 0 Å². The SMILES string of the molecule is CN=C(NCc1nnc2n1CCCC2)N(C)CCOc1ccc(Cl)cc1.